The molecule has 0 aliphatic carbocycles. The Morgan fingerprint density at radius 3 is 2.38 bits per heavy atom. The fourth-order valence-electron chi connectivity index (χ4n) is 1.93. The molecule has 0 saturated heterocycles. The van der Waals surface area contributed by atoms with Gasteiger partial charge in [0.2, 0.25) is 0 Å². The number of hydrogen-bond acceptors (Lipinski definition) is 2. The molecule has 0 radical (unpaired) electrons. The quantitative estimate of drug-likeness (QED) is 0.738. The van der Waals surface area contributed by atoms with Gasteiger partial charge in [0.1, 0.15) is 7.11 Å². The van der Waals surface area contributed by atoms with Gasteiger partial charge in [-0.1, -0.05) is 13.8 Å². The molecule has 0 bridgehead atoms. The summed E-state index contributed by atoms with van der Waals surface area (Å²) in [5.41, 5.74) is 4.53. The monoisotopic (exact) mass is 220 g/mol. The van der Waals surface area contributed by atoms with Crippen LogP contribution in [0.3, 0.4) is 0 Å². The number of rotatable bonds is 1. The first-order valence-electron chi connectivity index (χ1n) is 5.64. The number of pyridine rings is 1. The molecule has 0 aliphatic heterocycles. The topological polar surface area (TPSA) is 27.1 Å². The van der Waals surface area contributed by atoms with Crippen molar-refractivity contribution in [3.63, 3.8) is 0 Å². The van der Waals surface area contributed by atoms with Crippen molar-refractivity contribution < 1.29 is 4.84 Å². The van der Waals surface area contributed by atoms with Crippen molar-refractivity contribution in [2.75, 3.05) is 7.11 Å². The third-order valence-corrected chi connectivity index (χ3v) is 2.74. The van der Waals surface area contributed by atoms with Crippen molar-refractivity contribution in [1.29, 1.82) is 0 Å². The molecular formula is C13H20N2O. The zero-order valence-electron chi connectivity index (χ0n) is 11.0. The fourth-order valence-corrected chi connectivity index (χ4v) is 1.93. The van der Waals surface area contributed by atoms with Gasteiger partial charge in [-0.2, -0.15) is 4.73 Å². The number of nitrogens with zero attached hydrogens (tertiary/aromatic N) is 2. The lowest BCUT2D eigenvalue weighted by molar-refractivity contribution is 0.173. The second-order valence-electron chi connectivity index (χ2n) is 3.48. The first-order valence-corrected chi connectivity index (χ1v) is 5.64. The smallest absolute Gasteiger partial charge is 0.104 e. The molecule has 2 heterocycles. The van der Waals surface area contributed by atoms with E-state index in [1.54, 1.807) is 7.11 Å². The Balaban J connectivity index is 0.000000606. The van der Waals surface area contributed by atoms with E-state index in [1.165, 1.54) is 10.9 Å². The summed E-state index contributed by atoms with van der Waals surface area (Å²) in [6.45, 7) is 10.2. The number of hydrogen-bond donors (Lipinski definition) is 0. The molecule has 0 aliphatic rings. The van der Waals surface area contributed by atoms with Crippen LogP contribution in [-0.2, 0) is 0 Å². The first kappa shape index (κ1) is 12.6. The SMILES string of the molecule is CC.COn1c(C)c(C)c2c(C)nccc21. The molecule has 88 valence electrons. The van der Waals surface area contributed by atoms with Gasteiger partial charge >= 0.3 is 0 Å². The third-order valence-electron chi connectivity index (χ3n) is 2.74. The highest BCUT2D eigenvalue weighted by Crippen LogP contribution is 2.25. The van der Waals surface area contributed by atoms with Crippen LogP contribution < -0.4 is 4.84 Å². The van der Waals surface area contributed by atoms with E-state index in [0.29, 0.717) is 0 Å². The van der Waals surface area contributed by atoms with Gasteiger partial charge in [0.15, 0.2) is 0 Å². The molecule has 0 N–H and O–H groups in total. The Morgan fingerprint density at radius 1 is 1.19 bits per heavy atom. The first-order chi connectivity index (χ1) is 7.66. The second-order valence-corrected chi connectivity index (χ2v) is 3.48. The lowest BCUT2D eigenvalue weighted by atomic mass is 10.1. The molecule has 2 rings (SSSR count). The molecule has 0 fully saturated rings. The molecule has 2 aromatic heterocycles. The standard InChI is InChI=1S/C11H14N2O.C2H6/c1-7-9(3)13(14-4)10-5-6-12-8(2)11(7)10;1-2/h5-6H,1-4H3;1-2H3. The summed E-state index contributed by atoms with van der Waals surface area (Å²) < 4.78 is 1.85. The summed E-state index contributed by atoms with van der Waals surface area (Å²) in [6, 6.07) is 1.98. The van der Waals surface area contributed by atoms with E-state index in [-0.39, 0.29) is 0 Å². The van der Waals surface area contributed by atoms with Gasteiger partial charge in [-0.05, 0) is 32.4 Å². The Hall–Kier alpha value is -1.51. The molecule has 16 heavy (non-hydrogen) atoms. The summed E-state index contributed by atoms with van der Waals surface area (Å²) in [5, 5.41) is 1.20. The minimum Gasteiger partial charge on any atom is -0.417 e. The number of aryl methyl sites for hydroxylation is 2. The average molecular weight is 220 g/mol. The minimum absolute atomic E-state index is 1.05. The van der Waals surface area contributed by atoms with Crippen LogP contribution >= 0.6 is 0 Å². The van der Waals surface area contributed by atoms with Crippen LogP contribution in [0.15, 0.2) is 12.3 Å². The van der Waals surface area contributed by atoms with Crippen LogP contribution in [0.1, 0.15) is 30.8 Å². The van der Waals surface area contributed by atoms with E-state index in [4.69, 9.17) is 4.84 Å². The predicted molar refractivity (Wildman–Crippen MR) is 67.8 cm³/mol. The maximum absolute atomic E-state index is 5.32. The molecule has 0 unspecified atom stereocenters. The predicted octanol–water partition coefficient (Wildman–Crippen LogP) is 3.05. The average Bonchev–Trinajstić information content (AvgIpc) is 2.55. The van der Waals surface area contributed by atoms with Gasteiger partial charge in [0, 0.05) is 17.3 Å². The third kappa shape index (κ3) is 1.77. The van der Waals surface area contributed by atoms with Crippen molar-refractivity contribution in [2.24, 2.45) is 0 Å². The van der Waals surface area contributed by atoms with Crippen LogP contribution in [0, 0.1) is 20.8 Å². The highest BCUT2D eigenvalue weighted by Gasteiger charge is 2.12. The van der Waals surface area contributed by atoms with Crippen molar-refractivity contribution in [1.82, 2.24) is 9.71 Å². The number of aromatic nitrogens is 2. The van der Waals surface area contributed by atoms with E-state index in [1.807, 2.05) is 37.8 Å². The molecule has 0 amide bonds. The molecular weight excluding hydrogens is 200 g/mol. The normalized spacial score (nSPS) is 9.88. The van der Waals surface area contributed by atoms with Crippen LogP contribution in [-0.4, -0.2) is 16.8 Å². The molecule has 0 atom stereocenters. The summed E-state index contributed by atoms with van der Waals surface area (Å²) in [4.78, 5) is 9.61. The van der Waals surface area contributed by atoms with Crippen molar-refractivity contribution in [2.45, 2.75) is 34.6 Å². The Morgan fingerprint density at radius 2 is 1.81 bits per heavy atom. The molecule has 3 nitrogen and oxygen atoms in total. The lowest BCUT2D eigenvalue weighted by Crippen LogP contribution is -2.07. The van der Waals surface area contributed by atoms with Crippen LogP contribution in [0.4, 0.5) is 0 Å². The lowest BCUT2D eigenvalue weighted by Gasteiger charge is -2.04. The fraction of sp³-hybridized carbons (Fsp3) is 0.462. The summed E-state index contributed by atoms with van der Waals surface area (Å²) >= 11 is 0. The Bertz CT molecular complexity index is 486. The zero-order chi connectivity index (χ0) is 12.3. The van der Waals surface area contributed by atoms with E-state index in [0.717, 1.165) is 16.9 Å². The van der Waals surface area contributed by atoms with Gasteiger partial charge in [-0.25, -0.2) is 0 Å². The van der Waals surface area contributed by atoms with Crippen LogP contribution in [0.5, 0.6) is 0 Å². The van der Waals surface area contributed by atoms with Gasteiger partial charge in [0.25, 0.3) is 0 Å². The maximum Gasteiger partial charge on any atom is 0.104 e. The number of fused-ring (bicyclic) bond motifs is 1. The molecule has 2 aromatic rings. The van der Waals surface area contributed by atoms with E-state index in [2.05, 4.69) is 18.8 Å². The molecule has 0 aromatic carbocycles. The maximum atomic E-state index is 5.32. The molecule has 3 heteroatoms. The van der Waals surface area contributed by atoms with Gasteiger partial charge in [0.05, 0.1) is 11.2 Å². The van der Waals surface area contributed by atoms with Gasteiger partial charge < -0.3 is 4.84 Å². The van der Waals surface area contributed by atoms with E-state index in [9.17, 15) is 0 Å². The summed E-state index contributed by atoms with van der Waals surface area (Å²) in [7, 11) is 1.68. The highest BCUT2D eigenvalue weighted by molar-refractivity contribution is 5.86. The molecule has 0 spiro atoms. The van der Waals surface area contributed by atoms with Crippen molar-refractivity contribution in [3.8, 4) is 0 Å². The Labute approximate surface area is 97.0 Å². The molecule has 0 saturated carbocycles. The highest BCUT2D eigenvalue weighted by atomic mass is 16.6. The van der Waals surface area contributed by atoms with Crippen LogP contribution in [0.2, 0.25) is 0 Å². The van der Waals surface area contributed by atoms with Gasteiger partial charge in [-0.3, -0.25) is 4.98 Å². The second kappa shape index (κ2) is 5.01. The Kier molecular flexibility index (Phi) is 3.93. The van der Waals surface area contributed by atoms with Crippen LogP contribution in [0.25, 0.3) is 10.9 Å². The van der Waals surface area contributed by atoms with E-state index < -0.39 is 0 Å². The summed E-state index contributed by atoms with van der Waals surface area (Å²) in [5.74, 6) is 0. The van der Waals surface area contributed by atoms with Crippen molar-refractivity contribution in [3.05, 3.63) is 29.2 Å². The van der Waals surface area contributed by atoms with Crippen molar-refractivity contribution >= 4 is 10.9 Å². The van der Waals surface area contributed by atoms with Gasteiger partial charge in [-0.15, -0.1) is 0 Å². The summed E-state index contributed by atoms with van der Waals surface area (Å²) in [6.07, 6.45) is 1.81. The zero-order valence-corrected chi connectivity index (χ0v) is 11.0. The van der Waals surface area contributed by atoms with E-state index >= 15 is 0 Å². The largest absolute Gasteiger partial charge is 0.417 e. The minimum atomic E-state index is 1.05.